The van der Waals surface area contributed by atoms with Crippen molar-refractivity contribution in [3.05, 3.63) is 70.7 Å². The van der Waals surface area contributed by atoms with Crippen molar-refractivity contribution < 1.29 is 9.59 Å². The van der Waals surface area contributed by atoms with Gasteiger partial charge in [-0.3, -0.25) is 9.59 Å². The molecule has 1 fully saturated rings. The normalized spacial score (nSPS) is 14.8. The molecular weight excluding hydrogens is 360 g/mol. The third kappa shape index (κ3) is 4.89. The molecule has 0 saturated carbocycles. The number of carbonyl (C=O) groups excluding carboxylic acids is 2. The molecule has 0 atom stereocenters. The van der Waals surface area contributed by atoms with Gasteiger partial charge in [-0.25, -0.2) is 0 Å². The van der Waals surface area contributed by atoms with Crippen LogP contribution < -0.4 is 0 Å². The zero-order valence-electron chi connectivity index (χ0n) is 15.6. The predicted molar refractivity (Wildman–Crippen MR) is 108 cm³/mol. The van der Waals surface area contributed by atoms with Gasteiger partial charge >= 0.3 is 0 Å². The molecule has 0 unspecified atom stereocenters. The van der Waals surface area contributed by atoms with Crippen LogP contribution in [0.1, 0.15) is 35.7 Å². The first-order chi connectivity index (χ1) is 13.1. The number of piperidine rings is 1. The van der Waals surface area contributed by atoms with Crippen molar-refractivity contribution in [3.63, 3.8) is 0 Å². The molecule has 0 spiro atoms. The van der Waals surface area contributed by atoms with Gasteiger partial charge in [-0.2, -0.15) is 0 Å². The number of likely N-dealkylation sites (tertiary alicyclic amines) is 1. The molecule has 4 nitrogen and oxygen atoms in total. The first kappa shape index (κ1) is 19.4. The number of amides is 2. The van der Waals surface area contributed by atoms with Crippen LogP contribution in [0.3, 0.4) is 0 Å². The van der Waals surface area contributed by atoms with Crippen LogP contribution in [-0.2, 0) is 11.3 Å². The lowest BCUT2D eigenvalue weighted by Crippen LogP contribution is -2.44. The van der Waals surface area contributed by atoms with Gasteiger partial charge in [0.15, 0.2) is 0 Å². The summed E-state index contributed by atoms with van der Waals surface area (Å²) in [6.07, 6.45) is 1.41. The molecular formula is C22H25ClN2O2. The van der Waals surface area contributed by atoms with Gasteiger partial charge in [-0.05, 0) is 43.5 Å². The Hall–Kier alpha value is -2.33. The summed E-state index contributed by atoms with van der Waals surface area (Å²) in [5, 5.41) is 0.561. The number of benzene rings is 2. The highest BCUT2D eigenvalue weighted by Crippen LogP contribution is 2.23. The van der Waals surface area contributed by atoms with E-state index in [1.165, 1.54) is 0 Å². The summed E-state index contributed by atoms with van der Waals surface area (Å²) in [7, 11) is 0. The second kappa shape index (κ2) is 9.05. The third-order valence-corrected chi connectivity index (χ3v) is 5.35. The van der Waals surface area contributed by atoms with E-state index in [4.69, 9.17) is 11.6 Å². The molecule has 0 aliphatic carbocycles. The van der Waals surface area contributed by atoms with Gasteiger partial charge in [-0.15, -0.1) is 0 Å². The van der Waals surface area contributed by atoms with Crippen LogP contribution in [0.2, 0.25) is 5.02 Å². The van der Waals surface area contributed by atoms with Crippen LogP contribution in [0.15, 0.2) is 54.6 Å². The highest BCUT2D eigenvalue weighted by Gasteiger charge is 2.30. The van der Waals surface area contributed by atoms with Gasteiger partial charge in [0.1, 0.15) is 0 Å². The van der Waals surface area contributed by atoms with Crippen LogP contribution in [-0.4, -0.2) is 41.2 Å². The summed E-state index contributed by atoms with van der Waals surface area (Å²) >= 11 is 5.99. The van der Waals surface area contributed by atoms with Gasteiger partial charge in [0.2, 0.25) is 5.91 Å². The van der Waals surface area contributed by atoms with E-state index in [1.54, 1.807) is 24.3 Å². The number of hydrogen-bond acceptors (Lipinski definition) is 2. The van der Waals surface area contributed by atoms with Gasteiger partial charge in [0.25, 0.3) is 5.91 Å². The molecule has 3 rings (SSSR count). The van der Waals surface area contributed by atoms with E-state index < -0.39 is 0 Å². The zero-order chi connectivity index (χ0) is 19.2. The fourth-order valence-electron chi connectivity index (χ4n) is 3.54. The summed E-state index contributed by atoms with van der Waals surface area (Å²) in [5.74, 6) is 0.160. The smallest absolute Gasteiger partial charge is 0.253 e. The van der Waals surface area contributed by atoms with Gasteiger partial charge < -0.3 is 9.80 Å². The van der Waals surface area contributed by atoms with Crippen LogP contribution in [0.25, 0.3) is 0 Å². The Morgan fingerprint density at radius 2 is 1.78 bits per heavy atom. The van der Waals surface area contributed by atoms with E-state index in [9.17, 15) is 9.59 Å². The van der Waals surface area contributed by atoms with E-state index in [0.717, 1.165) is 5.56 Å². The molecule has 2 aromatic rings. The first-order valence-electron chi connectivity index (χ1n) is 9.46. The molecule has 1 aliphatic rings. The Kier molecular flexibility index (Phi) is 6.51. The van der Waals surface area contributed by atoms with Gasteiger partial charge in [0.05, 0.1) is 0 Å². The molecule has 2 amide bonds. The summed E-state index contributed by atoms with van der Waals surface area (Å²) < 4.78 is 0. The fraction of sp³-hybridized carbons (Fsp3) is 0.364. The predicted octanol–water partition coefficient (Wildman–Crippen LogP) is 4.24. The van der Waals surface area contributed by atoms with Crippen molar-refractivity contribution in [2.24, 2.45) is 5.92 Å². The third-order valence-electron chi connectivity index (χ3n) is 5.11. The molecule has 1 saturated heterocycles. The first-order valence-corrected chi connectivity index (χ1v) is 9.84. The molecule has 1 heterocycles. The number of carbonyl (C=O) groups is 2. The van der Waals surface area contributed by atoms with Crippen molar-refractivity contribution in [1.82, 2.24) is 9.80 Å². The van der Waals surface area contributed by atoms with Crippen LogP contribution >= 0.6 is 11.6 Å². The Labute approximate surface area is 165 Å². The van der Waals surface area contributed by atoms with Gasteiger partial charge in [-0.1, -0.05) is 48.0 Å². The average Bonchev–Trinajstić information content (AvgIpc) is 2.72. The minimum Gasteiger partial charge on any atom is -0.339 e. The SMILES string of the molecule is CCN(Cc1ccccc1)C(=O)C1CCN(C(=O)c2cccc(Cl)c2)CC1. The number of nitrogens with zero attached hydrogens (tertiary/aromatic N) is 2. The van der Waals surface area contributed by atoms with Crippen molar-refractivity contribution in [1.29, 1.82) is 0 Å². The van der Waals surface area contributed by atoms with Crippen LogP contribution in [0, 0.1) is 5.92 Å². The van der Waals surface area contributed by atoms with E-state index in [-0.39, 0.29) is 17.7 Å². The largest absolute Gasteiger partial charge is 0.339 e. The minimum atomic E-state index is -0.0166. The maximum atomic E-state index is 12.9. The van der Waals surface area contributed by atoms with E-state index in [1.807, 2.05) is 47.1 Å². The minimum absolute atomic E-state index is 0.0139. The zero-order valence-corrected chi connectivity index (χ0v) is 16.4. The van der Waals surface area contributed by atoms with Crippen LogP contribution in [0.5, 0.6) is 0 Å². The highest BCUT2D eigenvalue weighted by molar-refractivity contribution is 6.30. The van der Waals surface area contributed by atoms with Crippen molar-refractivity contribution >= 4 is 23.4 Å². The van der Waals surface area contributed by atoms with Crippen molar-refractivity contribution in [2.45, 2.75) is 26.3 Å². The lowest BCUT2D eigenvalue weighted by molar-refractivity contribution is -0.137. The van der Waals surface area contributed by atoms with E-state index in [0.29, 0.717) is 49.6 Å². The topological polar surface area (TPSA) is 40.6 Å². The Morgan fingerprint density at radius 3 is 2.41 bits per heavy atom. The maximum Gasteiger partial charge on any atom is 0.253 e. The molecule has 0 aromatic heterocycles. The highest BCUT2D eigenvalue weighted by atomic mass is 35.5. The lowest BCUT2D eigenvalue weighted by atomic mass is 9.94. The number of hydrogen-bond donors (Lipinski definition) is 0. The van der Waals surface area contributed by atoms with E-state index in [2.05, 4.69) is 0 Å². The molecule has 2 aromatic carbocycles. The fourth-order valence-corrected chi connectivity index (χ4v) is 3.73. The Balaban J connectivity index is 1.57. The molecule has 27 heavy (non-hydrogen) atoms. The monoisotopic (exact) mass is 384 g/mol. The van der Waals surface area contributed by atoms with Gasteiger partial charge in [0, 0.05) is 42.7 Å². The molecule has 5 heteroatoms. The van der Waals surface area contributed by atoms with Crippen LogP contribution in [0.4, 0.5) is 0 Å². The molecule has 0 radical (unpaired) electrons. The number of rotatable bonds is 5. The van der Waals surface area contributed by atoms with Crippen molar-refractivity contribution in [2.75, 3.05) is 19.6 Å². The average molecular weight is 385 g/mol. The Morgan fingerprint density at radius 1 is 1.07 bits per heavy atom. The quantitative estimate of drug-likeness (QED) is 0.773. The Bertz CT molecular complexity index is 786. The summed E-state index contributed by atoms with van der Waals surface area (Å²) in [6.45, 7) is 4.54. The molecule has 1 aliphatic heterocycles. The summed E-state index contributed by atoms with van der Waals surface area (Å²) in [5.41, 5.74) is 1.74. The standard InChI is InChI=1S/C22H25ClN2O2/c1-2-24(16-17-7-4-3-5-8-17)21(26)18-11-13-25(14-12-18)22(27)19-9-6-10-20(23)15-19/h3-10,15,18H,2,11-14,16H2,1H3. The van der Waals surface area contributed by atoms with E-state index >= 15 is 0 Å². The summed E-state index contributed by atoms with van der Waals surface area (Å²) in [6, 6.07) is 17.1. The number of halogens is 1. The lowest BCUT2D eigenvalue weighted by Gasteiger charge is -2.34. The molecule has 0 N–H and O–H groups in total. The maximum absolute atomic E-state index is 12.9. The molecule has 142 valence electrons. The summed E-state index contributed by atoms with van der Waals surface area (Å²) in [4.78, 5) is 29.3. The molecule has 0 bridgehead atoms. The second-order valence-electron chi connectivity index (χ2n) is 6.91. The van der Waals surface area contributed by atoms with Crippen molar-refractivity contribution in [3.8, 4) is 0 Å². The second-order valence-corrected chi connectivity index (χ2v) is 7.35.